The summed E-state index contributed by atoms with van der Waals surface area (Å²) in [4.78, 5) is 21.3. The lowest BCUT2D eigenvalue weighted by atomic mass is 10.2. The van der Waals surface area contributed by atoms with E-state index in [1.54, 1.807) is 0 Å². The van der Waals surface area contributed by atoms with Gasteiger partial charge in [-0.3, -0.25) is 10.1 Å². The molecule has 2 rings (SSSR count). The molecular weight excluding hydrogens is 247 g/mol. The highest BCUT2D eigenvalue weighted by Crippen LogP contribution is 2.25. The topological polar surface area (TPSA) is 92.9 Å². The molecule has 0 atom stereocenters. The lowest BCUT2D eigenvalue weighted by Crippen LogP contribution is -2.55. The maximum atomic E-state index is 13.4. The summed E-state index contributed by atoms with van der Waals surface area (Å²) in [6.07, 6.45) is -1.48. The van der Waals surface area contributed by atoms with Crippen LogP contribution in [0.25, 0.3) is 0 Å². The largest absolute Gasteiger partial charge is 0.484 e. The number of ether oxygens (including phenoxy) is 1. The number of amides is 1. The quantitative estimate of drug-likeness (QED) is 0.653. The Morgan fingerprint density at radius 3 is 2.72 bits per heavy atom. The van der Waals surface area contributed by atoms with Crippen LogP contribution in [0.1, 0.15) is 0 Å². The molecule has 1 aliphatic heterocycles. The fourth-order valence-corrected chi connectivity index (χ4v) is 1.55. The van der Waals surface area contributed by atoms with Crippen LogP contribution in [-0.4, -0.2) is 40.2 Å². The summed E-state index contributed by atoms with van der Waals surface area (Å²) in [6.45, 7) is 0.317. The van der Waals surface area contributed by atoms with Gasteiger partial charge < -0.3 is 14.7 Å². The van der Waals surface area contributed by atoms with Crippen molar-refractivity contribution in [3.05, 3.63) is 34.1 Å². The molecule has 0 saturated carbocycles. The number of hydrogen-bond donors (Lipinski definition) is 1. The molecule has 7 nitrogen and oxygen atoms in total. The van der Waals surface area contributed by atoms with E-state index in [0.717, 1.165) is 23.1 Å². The maximum Gasteiger partial charge on any atom is 0.407 e. The predicted octanol–water partition coefficient (Wildman–Crippen LogP) is 1.47. The number of nitro groups is 1. The Morgan fingerprint density at radius 1 is 1.56 bits per heavy atom. The summed E-state index contributed by atoms with van der Waals surface area (Å²) >= 11 is 0. The second-order valence-electron chi connectivity index (χ2n) is 3.80. The summed E-state index contributed by atoms with van der Waals surface area (Å²) in [6, 6.07) is 3.06. The molecule has 0 spiro atoms. The Labute approximate surface area is 101 Å². The van der Waals surface area contributed by atoms with Crippen LogP contribution in [0.4, 0.5) is 14.9 Å². The van der Waals surface area contributed by atoms with E-state index in [9.17, 15) is 19.3 Å². The van der Waals surface area contributed by atoms with Crippen LogP contribution in [0.15, 0.2) is 18.2 Å². The lowest BCUT2D eigenvalue weighted by Gasteiger charge is -2.36. The number of nitrogens with zero attached hydrogens (tertiary/aromatic N) is 2. The number of halogens is 1. The molecule has 1 heterocycles. The molecule has 1 aromatic carbocycles. The van der Waals surface area contributed by atoms with Crippen molar-refractivity contribution in [2.75, 3.05) is 13.1 Å². The maximum absolute atomic E-state index is 13.4. The first kappa shape index (κ1) is 12.1. The summed E-state index contributed by atoms with van der Waals surface area (Å²) < 4.78 is 18.6. The van der Waals surface area contributed by atoms with Crippen molar-refractivity contribution in [2.45, 2.75) is 6.10 Å². The van der Waals surface area contributed by atoms with Gasteiger partial charge in [-0.15, -0.1) is 0 Å². The van der Waals surface area contributed by atoms with Gasteiger partial charge in [-0.05, 0) is 6.07 Å². The van der Waals surface area contributed by atoms with E-state index in [1.165, 1.54) is 0 Å². The Balaban J connectivity index is 1.99. The second kappa shape index (κ2) is 4.47. The van der Waals surface area contributed by atoms with Gasteiger partial charge in [0, 0.05) is 6.07 Å². The first-order valence-corrected chi connectivity index (χ1v) is 5.06. The normalized spacial score (nSPS) is 15.1. The smallest absolute Gasteiger partial charge is 0.407 e. The third kappa shape index (κ3) is 2.31. The fraction of sp³-hybridized carbons (Fsp3) is 0.300. The minimum absolute atomic E-state index is 0.115. The summed E-state index contributed by atoms with van der Waals surface area (Å²) in [5, 5.41) is 19.0. The molecule has 1 aliphatic rings. The van der Waals surface area contributed by atoms with Crippen LogP contribution in [0.3, 0.4) is 0 Å². The van der Waals surface area contributed by atoms with Crippen molar-refractivity contribution < 1.29 is 24.0 Å². The number of benzene rings is 1. The van der Waals surface area contributed by atoms with Gasteiger partial charge in [0.2, 0.25) is 0 Å². The summed E-state index contributed by atoms with van der Waals surface area (Å²) in [7, 11) is 0. The van der Waals surface area contributed by atoms with E-state index < -0.39 is 22.9 Å². The fourth-order valence-electron chi connectivity index (χ4n) is 1.55. The molecule has 8 heteroatoms. The van der Waals surface area contributed by atoms with Crippen LogP contribution in [-0.2, 0) is 0 Å². The van der Waals surface area contributed by atoms with Crippen molar-refractivity contribution in [1.82, 2.24) is 4.90 Å². The molecule has 1 aromatic rings. The second-order valence-corrected chi connectivity index (χ2v) is 3.80. The molecular formula is C10H9FN2O5. The molecule has 1 saturated heterocycles. The van der Waals surface area contributed by atoms with Crippen molar-refractivity contribution >= 4 is 11.8 Å². The molecule has 1 N–H and O–H groups in total. The van der Waals surface area contributed by atoms with Gasteiger partial charge >= 0.3 is 6.09 Å². The van der Waals surface area contributed by atoms with Crippen LogP contribution in [0, 0.1) is 15.9 Å². The van der Waals surface area contributed by atoms with Crippen molar-refractivity contribution in [2.24, 2.45) is 0 Å². The molecule has 0 bridgehead atoms. The van der Waals surface area contributed by atoms with Crippen LogP contribution < -0.4 is 4.74 Å². The Bertz CT molecular complexity index is 501. The molecule has 1 amide bonds. The van der Waals surface area contributed by atoms with Crippen molar-refractivity contribution in [3.63, 3.8) is 0 Å². The minimum Gasteiger partial charge on any atom is -0.484 e. The highest BCUT2D eigenvalue weighted by molar-refractivity contribution is 5.66. The van der Waals surface area contributed by atoms with Gasteiger partial charge in [-0.1, -0.05) is 0 Å². The number of carboxylic acid groups (broad SMARTS) is 1. The standard InChI is InChI=1S/C10H9FN2O5/c11-8-3-6(13(16)17)1-2-9(8)18-7-4-12(5-7)10(14)15/h1-3,7H,4-5H2,(H,14,15). The number of likely N-dealkylation sites (tertiary alicyclic amines) is 1. The van der Waals surface area contributed by atoms with Gasteiger partial charge in [0.05, 0.1) is 24.1 Å². The first-order valence-electron chi connectivity index (χ1n) is 5.06. The SMILES string of the molecule is O=C(O)N1CC(Oc2ccc([N+](=O)[O-])cc2F)C1. The van der Waals surface area contributed by atoms with Crippen LogP contribution in [0.2, 0.25) is 0 Å². The molecule has 0 aromatic heterocycles. The molecule has 0 aliphatic carbocycles. The number of nitro benzene ring substituents is 1. The van der Waals surface area contributed by atoms with Crippen LogP contribution >= 0.6 is 0 Å². The zero-order chi connectivity index (χ0) is 13.3. The number of hydrogen-bond acceptors (Lipinski definition) is 4. The van der Waals surface area contributed by atoms with Gasteiger partial charge in [-0.25, -0.2) is 9.18 Å². The predicted molar refractivity (Wildman–Crippen MR) is 57.1 cm³/mol. The van der Waals surface area contributed by atoms with Gasteiger partial charge in [-0.2, -0.15) is 0 Å². The van der Waals surface area contributed by atoms with E-state index in [-0.39, 0.29) is 24.5 Å². The van der Waals surface area contributed by atoms with E-state index in [4.69, 9.17) is 9.84 Å². The zero-order valence-corrected chi connectivity index (χ0v) is 9.08. The summed E-state index contributed by atoms with van der Waals surface area (Å²) in [5.74, 6) is -0.950. The van der Waals surface area contributed by atoms with Gasteiger partial charge in [0.1, 0.15) is 6.10 Å². The average molecular weight is 256 g/mol. The van der Waals surface area contributed by atoms with Crippen molar-refractivity contribution in [3.8, 4) is 5.75 Å². The monoisotopic (exact) mass is 256 g/mol. The number of rotatable bonds is 3. The lowest BCUT2D eigenvalue weighted by molar-refractivity contribution is -0.385. The Hall–Kier alpha value is -2.38. The minimum atomic E-state index is -1.06. The van der Waals surface area contributed by atoms with Gasteiger partial charge in [0.15, 0.2) is 11.6 Å². The van der Waals surface area contributed by atoms with Crippen molar-refractivity contribution in [1.29, 1.82) is 0 Å². The highest BCUT2D eigenvalue weighted by atomic mass is 19.1. The summed E-state index contributed by atoms with van der Waals surface area (Å²) in [5.41, 5.74) is -0.361. The Kier molecular flexibility index (Phi) is 3.00. The van der Waals surface area contributed by atoms with E-state index in [0.29, 0.717) is 0 Å². The van der Waals surface area contributed by atoms with Gasteiger partial charge in [0.25, 0.3) is 5.69 Å². The average Bonchev–Trinajstić information content (AvgIpc) is 2.23. The van der Waals surface area contributed by atoms with E-state index in [2.05, 4.69) is 0 Å². The molecule has 18 heavy (non-hydrogen) atoms. The molecule has 96 valence electrons. The third-order valence-electron chi connectivity index (χ3n) is 2.54. The highest BCUT2D eigenvalue weighted by Gasteiger charge is 2.32. The molecule has 1 fully saturated rings. The zero-order valence-electron chi connectivity index (χ0n) is 9.08. The Morgan fingerprint density at radius 2 is 2.22 bits per heavy atom. The first-order chi connectivity index (χ1) is 8.47. The van der Waals surface area contributed by atoms with E-state index in [1.807, 2.05) is 0 Å². The number of carbonyl (C=O) groups is 1. The molecule has 0 unspecified atom stereocenters. The third-order valence-corrected chi connectivity index (χ3v) is 2.54. The van der Waals surface area contributed by atoms with E-state index >= 15 is 0 Å². The molecule has 0 radical (unpaired) electrons. The van der Waals surface area contributed by atoms with Crippen LogP contribution in [0.5, 0.6) is 5.75 Å². The number of non-ortho nitro benzene ring substituents is 1.